The first-order valence-corrected chi connectivity index (χ1v) is 14.4. The minimum Gasteiger partial charge on any atom is -0.466 e. The van der Waals surface area contributed by atoms with Crippen molar-refractivity contribution in [3.8, 4) is 0 Å². The number of esters is 1. The number of alkyl halides is 1. The molecule has 0 aliphatic carbocycles. The summed E-state index contributed by atoms with van der Waals surface area (Å²) < 4.78 is 17.3. The molecule has 4 saturated heterocycles. The van der Waals surface area contributed by atoms with Crippen LogP contribution in [0.2, 0.25) is 0 Å². The molecule has 4 aliphatic rings. The third-order valence-corrected chi connectivity index (χ3v) is 8.93. The van der Waals surface area contributed by atoms with Crippen molar-refractivity contribution in [2.45, 2.75) is 55.2 Å². The maximum Gasteiger partial charge on any atom is 0.312 e. The predicted molar refractivity (Wildman–Crippen MR) is 139 cm³/mol. The van der Waals surface area contributed by atoms with E-state index in [-0.39, 0.29) is 29.9 Å². The lowest BCUT2D eigenvalue weighted by molar-refractivity contribution is -0.154. The predicted octanol–water partition coefficient (Wildman–Crippen LogP) is 0.807. The zero-order valence-corrected chi connectivity index (χ0v) is 23.3. The van der Waals surface area contributed by atoms with Gasteiger partial charge < -0.3 is 29.1 Å². The monoisotopic (exact) mass is 585 g/mol. The number of aliphatic hydroxyl groups excluding tert-OH is 1. The molecule has 1 N–H and O–H groups in total. The molecule has 2 bridgehead atoms. The Morgan fingerprint density at radius 1 is 1.27 bits per heavy atom. The van der Waals surface area contributed by atoms with Crippen LogP contribution in [0.5, 0.6) is 0 Å². The summed E-state index contributed by atoms with van der Waals surface area (Å²) in [5.41, 5.74) is -1.08. The number of halogens is 1. The average Bonchev–Trinajstić information content (AvgIpc) is 3.48. The summed E-state index contributed by atoms with van der Waals surface area (Å²) in [5.74, 6) is -2.32. The first-order chi connectivity index (χ1) is 17.9. The van der Waals surface area contributed by atoms with Crippen molar-refractivity contribution in [2.24, 2.45) is 11.8 Å². The van der Waals surface area contributed by atoms with Crippen LogP contribution in [0.3, 0.4) is 0 Å². The van der Waals surface area contributed by atoms with Gasteiger partial charge in [-0.15, -0.1) is 6.58 Å². The van der Waals surface area contributed by atoms with E-state index in [9.17, 15) is 19.5 Å². The number of carbonyl (C=O) groups excluding carboxylic acids is 3. The Balaban J connectivity index is 1.62. The van der Waals surface area contributed by atoms with Crippen LogP contribution in [0.4, 0.5) is 0 Å². The van der Waals surface area contributed by atoms with E-state index in [1.165, 1.54) is 0 Å². The second kappa shape index (κ2) is 12.5. The molecule has 4 rings (SSSR count). The van der Waals surface area contributed by atoms with Crippen molar-refractivity contribution >= 4 is 33.7 Å². The van der Waals surface area contributed by atoms with Crippen LogP contribution in [-0.4, -0.2) is 126 Å². The summed E-state index contributed by atoms with van der Waals surface area (Å²) in [7, 11) is 0. The fourth-order valence-corrected chi connectivity index (χ4v) is 7.38. The van der Waals surface area contributed by atoms with Crippen LogP contribution >= 0.6 is 15.9 Å². The zero-order valence-electron chi connectivity index (χ0n) is 21.7. The van der Waals surface area contributed by atoms with Gasteiger partial charge in [0, 0.05) is 50.7 Å². The minimum absolute atomic E-state index is 0.0819. The SMILES string of the molecule is C=CCN(CCN1CCOCC1)C(=O)[C@@H]1N(CCCCCO)C(=O)[C@H]2[C@H](C(=O)OCC)[C@H]3O[C@@]12CC3Br. The highest BCUT2D eigenvalue weighted by atomic mass is 79.9. The standard InChI is InChI=1S/C26H40BrN3O7/c1-3-8-29(11-10-28-12-15-35-16-13-28)24(33)22-26-17-18(27)21(37-26)19(25(34)36-4-2)20(26)23(32)30(22)9-6-5-7-14-31/h3,18-22,31H,1,4-17H2,2H3/t18?,19-,20+,21-,22-,26+/m0/s1. The first-order valence-electron chi connectivity index (χ1n) is 13.5. The van der Waals surface area contributed by atoms with Crippen molar-refractivity contribution in [3.05, 3.63) is 12.7 Å². The maximum absolute atomic E-state index is 14.3. The highest BCUT2D eigenvalue weighted by Crippen LogP contribution is 2.60. The van der Waals surface area contributed by atoms with Gasteiger partial charge in [0.15, 0.2) is 0 Å². The Labute approximate surface area is 227 Å². The minimum atomic E-state index is -1.08. The number of rotatable bonds is 13. The fraction of sp³-hybridized carbons (Fsp3) is 0.808. The van der Waals surface area contributed by atoms with Gasteiger partial charge in [0.25, 0.3) is 0 Å². The van der Waals surface area contributed by atoms with Gasteiger partial charge in [0.05, 0.1) is 37.8 Å². The molecule has 0 aromatic carbocycles. The Morgan fingerprint density at radius 3 is 2.70 bits per heavy atom. The summed E-state index contributed by atoms with van der Waals surface area (Å²) in [6.07, 6.45) is 3.68. The van der Waals surface area contributed by atoms with Gasteiger partial charge >= 0.3 is 5.97 Å². The molecule has 10 nitrogen and oxygen atoms in total. The largest absolute Gasteiger partial charge is 0.466 e. The maximum atomic E-state index is 14.3. The summed E-state index contributed by atoms with van der Waals surface area (Å²) in [6.45, 7) is 10.8. The normalized spacial score (nSPS) is 33.0. The van der Waals surface area contributed by atoms with Crippen molar-refractivity contribution in [1.82, 2.24) is 14.7 Å². The molecular weight excluding hydrogens is 546 g/mol. The molecule has 4 fully saturated rings. The summed E-state index contributed by atoms with van der Waals surface area (Å²) >= 11 is 3.68. The Morgan fingerprint density at radius 2 is 2.03 bits per heavy atom. The third kappa shape index (κ3) is 5.48. The van der Waals surface area contributed by atoms with Gasteiger partial charge in [-0.25, -0.2) is 0 Å². The van der Waals surface area contributed by atoms with Crippen LogP contribution in [0.25, 0.3) is 0 Å². The highest BCUT2D eigenvalue weighted by Gasteiger charge is 2.77. The van der Waals surface area contributed by atoms with E-state index < -0.39 is 35.6 Å². The number of likely N-dealkylation sites (tertiary alicyclic amines) is 1. The van der Waals surface area contributed by atoms with Crippen molar-refractivity contribution in [2.75, 3.05) is 65.7 Å². The van der Waals surface area contributed by atoms with E-state index in [0.717, 1.165) is 19.5 Å². The van der Waals surface area contributed by atoms with E-state index in [4.69, 9.17) is 14.2 Å². The molecule has 6 atom stereocenters. The van der Waals surface area contributed by atoms with Crippen LogP contribution in [-0.2, 0) is 28.6 Å². The van der Waals surface area contributed by atoms with Crippen molar-refractivity contribution < 1.29 is 33.7 Å². The van der Waals surface area contributed by atoms with E-state index in [1.54, 1.807) is 22.8 Å². The first kappa shape index (κ1) is 28.5. The number of aliphatic hydroxyl groups is 1. The van der Waals surface area contributed by atoms with Gasteiger partial charge in [-0.2, -0.15) is 0 Å². The van der Waals surface area contributed by atoms with Crippen molar-refractivity contribution in [3.63, 3.8) is 0 Å². The zero-order chi connectivity index (χ0) is 26.6. The average molecular weight is 587 g/mol. The molecule has 37 heavy (non-hydrogen) atoms. The third-order valence-electron chi connectivity index (χ3n) is 8.09. The fourth-order valence-electron chi connectivity index (χ4n) is 6.44. The molecule has 1 spiro atoms. The molecule has 1 unspecified atom stereocenters. The number of morpholine rings is 1. The second-order valence-electron chi connectivity index (χ2n) is 10.3. The molecular formula is C26H40BrN3O7. The van der Waals surface area contributed by atoms with Gasteiger partial charge in [0.2, 0.25) is 11.8 Å². The number of carbonyl (C=O) groups is 3. The number of hydrogen-bond donors (Lipinski definition) is 1. The highest BCUT2D eigenvalue weighted by molar-refractivity contribution is 9.09. The number of unbranched alkanes of at least 4 members (excludes halogenated alkanes) is 2. The Kier molecular flexibility index (Phi) is 9.66. The van der Waals surface area contributed by atoms with Crippen LogP contribution in [0, 0.1) is 11.8 Å². The number of nitrogens with zero attached hydrogens (tertiary/aromatic N) is 3. The van der Waals surface area contributed by atoms with E-state index in [1.807, 2.05) is 0 Å². The van der Waals surface area contributed by atoms with E-state index in [0.29, 0.717) is 58.7 Å². The molecule has 0 aromatic heterocycles. The Bertz CT molecular complexity index is 854. The number of hydrogen-bond acceptors (Lipinski definition) is 8. The number of ether oxygens (including phenoxy) is 3. The summed E-state index contributed by atoms with van der Waals surface area (Å²) in [6, 6.07) is -0.826. The molecule has 11 heteroatoms. The van der Waals surface area contributed by atoms with Crippen LogP contribution in [0.1, 0.15) is 32.6 Å². The van der Waals surface area contributed by atoms with Gasteiger partial charge in [-0.05, 0) is 32.6 Å². The van der Waals surface area contributed by atoms with E-state index >= 15 is 0 Å². The number of fused-ring (bicyclic) bond motifs is 1. The molecule has 0 aromatic rings. The molecule has 208 valence electrons. The smallest absolute Gasteiger partial charge is 0.312 e. The second-order valence-corrected chi connectivity index (χ2v) is 11.4. The lowest BCUT2D eigenvalue weighted by atomic mass is 9.70. The molecule has 0 radical (unpaired) electrons. The molecule has 4 heterocycles. The Hall–Kier alpha value is -1.53. The van der Waals surface area contributed by atoms with E-state index in [2.05, 4.69) is 27.4 Å². The van der Waals surface area contributed by atoms with Gasteiger partial charge in [-0.3, -0.25) is 19.3 Å². The number of amides is 2. The van der Waals surface area contributed by atoms with Crippen molar-refractivity contribution in [1.29, 1.82) is 0 Å². The topological polar surface area (TPSA) is 109 Å². The molecule has 4 aliphatic heterocycles. The quantitative estimate of drug-likeness (QED) is 0.146. The van der Waals surface area contributed by atoms with Crippen LogP contribution < -0.4 is 0 Å². The molecule has 2 amide bonds. The lowest BCUT2D eigenvalue weighted by Crippen LogP contribution is -2.57. The van der Waals surface area contributed by atoms with Gasteiger partial charge in [-0.1, -0.05) is 22.0 Å². The van der Waals surface area contributed by atoms with Gasteiger partial charge in [0.1, 0.15) is 11.6 Å². The molecule has 0 saturated carbocycles. The van der Waals surface area contributed by atoms with Crippen LogP contribution in [0.15, 0.2) is 12.7 Å². The summed E-state index contributed by atoms with van der Waals surface area (Å²) in [4.78, 5) is 46.7. The summed E-state index contributed by atoms with van der Waals surface area (Å²) in [5, 5.41) is 9.20. The lowest BCUT2D eigenvalue weighted by Gasteiger charge is -2.38.